The van der Waals surface area contributed by atoms with E-state index in [0.29, 0.717) is 18.1 Å². The minimum Gasteiger partial charge on any atom is -0.376 e. The van der Waals surface area contributed by atoms with Crippen LogP contribution in [0.4, 0.5) is 0 Å². The lowest BCUT2D eigenvalue weighted by molar-refractivity contribution is -0.118. The van der Waals surface area contributed by atoms with Crippen LogP contribution in [0.3, 0.4) is 0 Å². The maximum atomic E-state index is 12.3. The molecule has 0 radical (unpaired) electrons. The van der Waals surface area contributed by atoms with E-state index < -0.39 is 0 Å². The van der Waals surface area contributed by atoms with E-state index in [1.165, 1.54) is 11.8 Å². The van der Waals surface area contributed by atoms with Crippen molar-refractivity contribution in [3.8, 4) is 10.7 Å². The molecule has 2 aromatic heterocycles. The van der Waals surface area contributed by atoms with Crippen molar-refractivity contribution >= 4 is 40.6 Å². The standard InChI is InChI=1S/C20H21ClN4O2S2/c21-15-5-1-4-14(10-15)11-22-18(26)13-29-20-24-23-19(17-7-3-9-28-17)25(20)12-16-6-2-8-27-16/h1,3-5,7,9-10,16H,2,6,8,11-13H2,(H,22,26). The van der Waals surface area contributed by atoms with Crippen LogP contribution in [0.5, 0.6) is 0 Å². The number of amides is 1. The molecule has 1 aliphatic heterocycles. The van der Waals surface area contributed by atoms with Gasteiger partial charge in [-0.3, -0.25) is 9.36 Å². The van der Waals surface area contributed by atoms with E-state index in [2.05, 4.69) is 20.1 Å². The number of carbonyl (C=O) groups excluding carboxylic acids is 1. The summed E-state index contributed by atoms with van der Waals surface area (Å²) in [7, 11) is 0. The van der Waals surface area contributed by atoms with Crippen LogP contribution in [-0.2, 0) is 22.6 Å². The summed E-state index contributed by atoms with van der Waals surface area (Å²) in [5.41, 5.74) is 0.970. The quantitative estimate of drug-likeness (QED) is 0.522. The van der Waals surface area contributed by atoms with Gasteiger partial charge in [-0.25, -0.2) is 0 Å². The van der Waals surface area contributed by atoms with Crippen LogP contribution in [0.25, 0.3) is 10.7 Å². The first-order valence-corrected chi connectivity index (χ1v) is 11.7. The molecule has 3 heterocycles. The molecule has 1 fully saturated rings. The zero-order valence-corrected chi connectivity index (χ0v) is 18.1. The van der Waals surface area contributed by atoms with Gasteiger partial charge < -0.3 is 10.1 Å². The molecule has 0 saturated carbocycles. The van der Waals surface area contributed by atoms with Gasteiger partial charge in [0.05, 0.1) is 23.3 Å². The molecule has 1 amide bonds. The molecular weight excluding hydrogens is 428 g/mol. The average molecular weight is 449 g/mol. The van der Waals surface area contributed by atoms with Crippen molar-refractivity contribution in [1.29, 1.82) is 0 Å². The maximum absolute atomic E-state index is 12.3. The molecule has 0 bridgehead atoms. The van der Waals surface area contributed by atoms with Crippen molar-refractivity contribution in [2.24, 2.45) is 0 Å². The predicted molar refractivity (Wildman–Crippen MR) is 116 cm³/mol. The number of benzene rings is 1. The van der Waals surface area contributed by atoms with E-state index in [1.807, 2.05) is 41.8 Å². The van der Waals surface area contributed by atoms with E-state index >= 15 is 0 Å². The van der Waals surface area contributed by atoms with Gasteiger partial charge in [0.25, 0.3) is 0 Å². The number of aromatic nitrogens is 3. The van der Waals surface area contributed by atoms with E-state index in [0.717, 1.165) is 40.9 Å². The summed E-state index contributed by atoms with van der Waals surface area (Å²) in [5, 5.41) is 15.1. The van der Waals surface area contributed by atoms with Gasteiger partial charge in [0.1, 0.15) is 0 Å². The van der Waals surface area contributed by atoms with Crippen LogP contribution in [0.1, 0.15) is 18.4 Å². The lowest BCUT2D eigenvalue weighted by Gasteiger charge is -2.14. The first-order chi connectivity index (χ1) is 14.2. The first-order valence-electron chi connectivity index (χ1n) is 9.41. The number of thiophene rings is 1. The fourth-order valence-electron chi connectivity index (χ4n) is 3.17. The molecular formula is C20H21ClN4O2S2. The Labute approximate surface area is 182 Å². The Hall–Kier alpha value is -1.87. The Morgan fingerprint density at radius 1 is 1.34 bits per heavy atom. The number of hydrogen-bond donors (Lipinski definition) is 1. The molecule has 0 spiro atoms. The summed E-state index contributed by atoms with van der Waals surface area (Å²) in [6, 6.07) is 11.5. The normalized spacial score (nSPS) is 16.2. The number of ether oxygens (including phenoxy) is 1. The van der Waals surface area contributed by atoms with Gasteiger partial charge >= 0.3 is 0 Å². The van der Waals surface area contributed by atoms with Gasteiger partial charge in [0, 0.05) is 18.2 Å². The Balaban J connectivity index is 1.40. The van der Waals surface area contributed by atoms with Crippen LogP contribution < -0.4 is 5.32 Å². The van der Waals surface area contributed by atoms with Gasteiger partial charge in [0.15, 0.2) is 11.0 Å². The zero-order valence-electron chi connectivity index (χ0n) is 15.7. The number of nitrogens with one attached hydrogen (secondary N) is 1. The third kappa shape index (κ3) is 5.39. The lowest BCUT2D eigenvalue weighted by Crippen LogP contribution is -2.25. The molecule has 152 valence electrons. The van der Waals surface area contributed by atoms with Crippen molar-refractivity contribution < 1.29 is 9.53 Å². The summed E-state index contributed by atoms with van der Waals surface area (Å²) >= 11 is 9.01. The smallest absolute Gasteiger partial charge is 0.230 e. The van der Waals surface area contributed by atoms with Gasteiger partial charge in [0.2, 0.25) is 5.91 Å². The average Bonchev–Trinajstić information content (AvgIpc) is 3.47. The second-order valence-electron chi connectivity index (χ2n) is 6.72. The highest BCUT2D eigenvalue weighted by Crippen LogP contribution is 2.29. The van der Waals surface area contributed by atoms with Crippen molar-refractivity contribution in [3.63, 3.8) is 0 Å². The second-order valence-corrected chi connectivity index (χ2v) is 9.05. The van der Waals surface area contributed by atoms with Crippen molar-refractivity contribution in [2.75, 3.05) is 12.4 Å². The van der Waals surface area contributed by atoms with E-state index in [-0.39, 0.29) is 17.8 Å². The number of nitrogens with zero attached hydrogens (tertiary/aromatic N) is 3. The summed E-state index contributed by atoms with van der Waals surface area (Å²) in [6.07, 6.45) is 2.28. The molecule has 1 saturated heterocycles. The highest BCUT2D eigenvalue weighted by Gasteiger charge is 2.22. The molecule has 9 heteroatoms. The Kier molecular flexibility index (Phi) is 6.86. The fourth-order valence-corrected chi connectivity index (χ4v) is 4.88. The molecule has 3 aromatic rings. The van der Waals surface area contributed by atoms with Crippen LogP contribution >= 0.6 is 34.7 Å². The zero-order chi connectivity index (χ0) is 20.1. The minimum atomic E-state index is -0.0562. The number of rotatable bonds is 8. The van der Waals surface area contributed by atoms with Gasteiger partial charge in [-0.15, -0.1) is 21.5 Å². The SMILES string of the molecule is O=C(CSc1nnc(-c2cccs2)n1CC1CCCO1)NCc1cccc(Cl)c1. The summed E-state index contributed by atoms with van der Waals surface area (Å²) in [5.74, 6) is 1.05. The predicted octanol–water partition coefficient (Wildman–Crippen LogP) is 4.25. The lowest BCUT2D eigenvalue weighted by atomic mass is 10.2. The van der Waals surface area contributed by atoms with E-state index in [9.17, 15) is 4.79 Å². The molecule has 1 N–H and O–H groups in total. The highest BCUT2D eigenvalue weighted by atomic mass is 35.5. The first kappa shape index (κ1) is 20.4. The minimum absolute atomic E-state index is 0.0562. The Morgan fingerprint density at radius 3 is 3.03 bits per heavy atom. The largest absolute Gasteiger partial charge is 0.376 e. The fraction of sp³-hybridized carbons (Fsp3) is 0.350. The van der Waals surface area contributed by atoms with Crippen LogP contribution in [-0.4, -0.2) is 39.1 Å². The summed E-state index contributed by atoms with van der Waals surface area (Å²) in [6.45, 7) is 1.95. The molecule has 1 aromatic carbocycles. The number of hydrogen-bond acceptors (Lipinski definition) is 6. The molecule has 1 aliphatic rings. The number of thioether (sulfide) groups is 1. The van der Waals surface area contributed by atoms with Crippen molar-refractivity contribution in [1.82, 2.24) is 20.1 Å². The highest BCUT2D eigenvalue weighted by molar-refractivity contribution is 7.99. The van der Waals surface area contributed by atoms with Gasteiger partial charge in [-0.2, -0.15) is 0 Å². The molecule has 4 rings (SSSR count). The van der Waals surface area contributed by atoms with E-state index in [4.69, 9.17) is 16.3 Å². The molecule has 29 heavy (non-hydrogen) atoms. The second kappa shape index (κ2) is 9.75. The van der Waals surface area contributed by atoms with Gasteiger partial charge in [-0.05, 0) is 42.0 Å². The third-order valence-corrected chi connectivity index (χ3v) is 6.65. The monoisotopic (exact) mass is 448 g/mol. The molecule has 6 nitrogen and oxygen atoms in total. The molecule has 1 atom stereocenters. The van der Waals surface area contributed by atoms with Crippen LogP contribution in [0.15, 0.2) is 46.9 Å². The summed E-state index contributed by atoms with van der Waals surface area (Å²) < 4.78 is 7.88. The van der Waals surface area contributed by atoms with Crippen LogP contribution in [0.2, 0.25) is 5.02 Å². The topological polar surface area (TPSA) is 69.0 Å². The molecule has 1 unspecified atom stereocenters. The van der Waals surface area contributed by atoms with Gasteiger partial charge in [-0.1, -0.05) is 41.6 Å². The maximum Gasteiger partial charge on any atom is 0.230 e. The molecule has 0 aliphatic carbocycles. The Bertz CT molecular complexity index is 955. The number of carbonyl (C=O) groups is 1. The van der Waals surface area contributed by atoms with Crippen molar-refractivity contribution in [2.45, 2.75) is 37.2 Å². The van der Waals surface area contributed by atoms with E-state index in [1.54, 1.807) is 11.3 Å². The number of halogens is 1. The van der Waals surface area contributed by atoms with Crippen molar-refractivity contribution in [3.05, 3.63) is 52.4 Å². The summed E-state index contributed by atoms with van der Waals surface area (Å²) in [4.78, 5) is 13.4. The Morgan fingerprint density at radius 2 is 2.28 bits per heavy atom. The third-order valence-electron chi connectivity index (χ3n) is 4.58. The van der Waals surface area contributed by atoms with Crippen LogP contribution in [0, 0.1) is 0 Å².